The SMILES string of the molecule is C=Cc1c(C)ccnc1NCc1ccc(-c2ccnc(C)c2)cc1. The Morgan fingerprint density at radius 2 is 1.71 bits per heavy atom. The zero-order chi connectivity index (χ0) is 16.9. The van der Waals surface area contributed by atoms with Crippen molar-refractivity contribution in [3.63, 3.8) is 0 Å². The van der Waals surface area contributed by atoms with Gasteiger partial charge in [-0.25, -0.2) is 4.98 Å². The van der Waals surface area contributed by atoms with Crippen molar-refractivity contribution in [1.82, 2.24) is 9.97 Å². The number of hydrogen-bond acceptors (Lipinski definition) is 3. The summed E-state index contributed by atoms with van der Waals surface area (Å²) in [6.45, 7) is 8.68. The highest BCUT2D eigenvalue weighted by Crippen LogP contribution is 2.21. The van der Waals surface area contributed by atoms with E-state index in [-0.39, 0.29) is 0 Å². The van der Waals surface area contributed by atoms with Gasteiger partial charge in [0.1, 0.15) is 5.82 Å². The van der Waals surface area contributed by atoms with Gasteiger partial charge in [-0.05, 0) is 54.3 Å². The van der Waals surface area contributed by atoms with Gasteiger partial charge in [0.2, 0.25) is 0 Å². The van der Waals surface area contributed by atoms with Crippen LogP contribution < -0.4 is 5.32 Å². The maximum absolute atomic E-state index is 4.41. The zero-order valence-electron chi connectivity index (χ0n) is 14.1. The van der Waals surface area contributed by atoms with Gasteiger partial charge in [0.25, 0.3) is 0 Å². The van der Waals surface area contributed by atoms with Crippen LogP contribution in [0.5, 0.6) is 0 Å². The lowest BCUT2D eigenvalue weighted by molar-refractivity contribution is 1.10. The number of rotatable bonds is 5. The van der Waals surface area contributed by atoms with Gasteiger partial charge in [-0.2, -0.15) is 0 Å². The summed E-state index contributed by atoms with van der Waals surface area (Å²) in [5.41, 5.74) is 6.86. The summed E-state index contributed by atoms with van der Waals surface area (Å²) in [5, 5.41) is 3.40. The van der Waals surface area contributed by atoms with E-state index < -0.39 is 0 Å². The van der Waals surface area contributed by atoms with E-state index >= 15 is 0 Å². The van der Waals surface area contributed by atoms with E-state index in [1.165, 1.54) is 22.3 Å². The summed E-state index contributed by atoms with van der Waals surface area (Å²) < 4.78 is 0. The Balaban J connectivity index is 1.73. The first-order chi connectivity index (χ1) is 11.7. The van der Waals surface area contributed by atoms with Crippen molar-refractivity contribution in [2.45, 2.75) is 20.4 Å². The lowest BCUT2D eigenvalue weighted by Crippen LogP contribution is -2.03. The fourth-order valence-electron chi connectivity index (χ4n) is 2.69. The quantitative estimate of drug-likeness (QED) is 0.718. The van der Waals surface area contributed by atoms with Crippen molar-refractivity contribution in [3.05, 3.63) is 83.8 Å². The van der Waals surface area contributed by atoms with Gasteiger partial charge in [-0.3, -0.25) is 4.98 Å². The van der Waals surface area contributed by atoms with Crippen LogP contribution in [-0.4, -0.2) is 9.97 Å². The Hall–Kier alpha value is -2.94. The van der Waals surface area contributed by atoms with Crippen molar-refractivity contribution in [3.8, 4) is 11.1 Å². The standard InChI is InChI=1S/C21H21N3/c1-4-20-15(2)9-11-23-21(20)24-14-17-5-7-18(8-6-17)19-10-12-22-16(3)13-19/h4-13H,1,14H2,2-3H3,(H,23,24). The van der Waals surface area contributed by atoms with Crippen LogP contribution >= 0.6 is 0 Å². The van der Waals surface area contributed by atoms with Gasteiger partial charge in [-0.15, -0.1) is 0 Å². The minimum Gasteiger partial charge on any atom is -0.365 e. The third kappa shape index (κ3) is 3.51. The summed E-state index contributed by atoms with van der Waals surface area (Å²) >= 11 is 0. The molecule has 0 bridgehead atoms. The predicted octanol–water partition coefficient (Wildman–Crippen LogP) is 5.02. The Bertz CT molecular complexity index is 851. The molecule has 2 heterocycles. The number of pyridine rings is 2. The summed E-state index contributed by atoms with van der Waals surface area (Å²) in [6.07, 6.45) is 5.51. The average molecular weight is 315 g/mol. The molecule has 0 saturated carbocycles. The molecule has 3 heteroatoms. The van der Waals surface area contributed by atoms with Gasteiger partial charge in [-0.1, -0.05) is 36.9 Å². The summed E-state index contributed by atoms with van der Waals surface area (Å²) in [6, 6.07) is 14.7. The van der Waals surface area contributed by atoms with Crippen LogP contribution in [0.25, 0.3) is 17.2 Å². The van der Waals surface area contributed by atoms with Crippen LogP contribution in [0.3, 0.4) is 0 Å². The van der Waals surface area contributed by atoms with Crippen LogP contribution in [0.15, 0.2) is 61.4 Å². The number of hydrogen-bond donors (Lipinski definition) is 1. The normalized spacial score (nSPS) is 10.4. The molecule has 3 nitrogen and oxygen atoms in total. The predicted molar refractivity (Wildman–Crippen MR) is 101 cm³/mol. The van der Waals surface area contributed by atoms with Crippen molar-refractivity contribution in [1.29, 1.82) is 0 Å². The smallest absolute Gasteiger partial charge is 0.133 e. The van der Waals surface area contributed by atoms with Crippen LogP contribution in [0.4, 0.5) is 5.82 Å². The van der Waals surface area contributed by atoms with E-state index in [1.54, 1.807) is 0 Å². The largest absolute Gasteiger partial charge is 0.365 e. The van der Waals surface area contributed by atoms with Crippen LogP contribution in [0, 0.1) is 13.8 Å². The molecule has 0 aliphatic carbocycles. The van der Waals surface area contributed by atoms with Crippen molar-refractivity contribution < 1.29 is 0 Å². The molecule has 24 heavy (non-hydrogen) atoms. The van der Waals surface area contributed by atoms with E-state index in [0.29, 0.717) is 0 Å². The molecule has 0 radical (unpaired) electrons. The van der Waals surface area contributed by atoms with Crippen molar-refractivity contribution in [2.75, 3.05) is 5.32 Å². The van der Waals surface area contributed by atoms with Gasteiger partial charge < -0.3 is 5.32 Å². The molecule has 3 rings (SSSR count). The highest BCUT2D eigenvalue weighted by Gasteiger charge is 2.04. The number of benzene rings is 1. The second-order valence-electron chi connectivity index (χ2n) is 5.83. The zero-order valence-corrected chi connectivity index (χ0v) is 14.1. The van der Waals surface area contributed by atoms with Crippen LogP contribution in [-0.2, 0) is 6.54 Å². The number of aromatic nitrogens is 2. The maximum Gasteiger partial charge on any atom is 0.133 e. The molecule has 0 spiro atoms. The fourth-order valence-corrected chi connectivity index (χ4v) is 2.69. The number of nitrogens with zero attached hydrogens (tertiary/aromatic N) is 2. The lowest BCUT2D eigenvalue weighted by Gasteiger charge is -2.11. The molecular weight excluding hydrogens is 294 g/mol. The Morgan fingerprint density at radius 3 is 2.42 bits per heavy atom. The maximum atomic E-state index is 4.41. The molecule has 0 saturated heterocycles. The monoisotopic (exact) mass is 315 g/mol. The average Bonchev–Trinajstić information content (AvgIpc) is 2.60. The summed E-state index contributed by atoms with van der Waals surface area (Å²) in [7, 11) is 0. The van der Waals surface area contributed by atoms with Crippen molar-refractivity contribution in [2.24, 2.45) is 0 Å². The third-order valence-corrected chi connectivity index (χ3v) is 4.06. The van der Waals surface area contributed by atoms with E-state index in [2.05, 4.69) is 59.1 Å². The van der Waals surface area contributed by atoms with Gasteiger partial charge in [0.05, 0.1) is 0 Å². The molecule has 0 fully saturated rings. The van der Waals surface area contributed by atoms with E-state index in [9.17, 15) is 0 Å². The summed E-state index contributed by atoms with van der Waals surface area (Å²) in [5.74, 6) is 0.874. The molecule has 120 valence electrons. The molecule has 1 N–H and O–H groups in total. The minimum atomic E-state index is 0.729. The fraction of sp³-hybridized carbons (Fsp3) is 0.143. The number of nitrogens with one attached hydrogen (secondary N) is 1. The first-order valence-corrected chi connectivity index (χ1v) is 8.01. The minimum absolute atomic E-state index is 0.729. The third-order valence-electron chi connectivity index (χ3n) is 4.06. The highest BCUT2D eigenvalue weighted by molar-refractivity contribution is 5.65. The van der Waals surface area contributed by atoms with Gasteiger partial charge >= 0.3 is 0 Å². The molecule has 0 atom stereocenters. The van der Waals surface area contributed by atoms with Crippen molar-refractivity contribution >= 4 is 11.9 Å². The molecule has 0 unspecified atom stereocenters. The van der Waals surface area contributed by atoms with Crippen LogP contribution in [0.1, 0.15) is 22.4 Å². The first kappa shape index (κ1) is 15.9. The van der Waals surface area contributed by atoms with Gasteiger partial charge in [0, 0.05) is 30.2 Å². The topological polar surface area (TPSA) is 37.8 Å². The molecule has 2 aromatic heterocycles. The second kappa shape index (κ2) is 7.09. The molecule has 0 aliphatic heterocycles. The van der Waals surface area contributed by atoms with Crippen LogP contribution in [0.2, 0.25) is 0 Å². The van der Waals surface area contributed by atoms with Gasteiger partial charge in [0.15, 0.2) is 0 Å². The highest BCUT2D eigenvalue weighted by atomic mass is 15.0. The van der Waals surface area contributed by atoms with E-state index in [4.69, 9.17) is 0 Å². The molecule has 3 aromatic rings. The van der Waals surface area contributed by atoms with E-state index in [0.717, 1.165) is 23.6 Å². The molecule has 0 aliphatic rings. The number of anilines is 1. The molecular formula is C21H21N3. The molecule has 1 aromatic carbocycles. The Morgan fingerprint density at radius 1 is 0.958 bits per heavy atom. The second-order valence-corrected chi connectivity index (χ2v) is 5.83. The first-order valence-electron chi connectivity index (χ1n) is 8.01. The summed E-state index contributed by atoms with van der Waals surface area (Å²) in [4.78, 5) is 8.66. The lowest BCUT2D eigenvalue weighted by atomic mass is 10.0. The molecule has 0 amide bonds. The number of aryl methyl sites for hydroxylation is 2. The van der Waals surface area contributed by atoms with E-state index in [1.807, 2.05) is 37.5 Å². The Labute approximate surface area is 143 Å². The Kier molecular flexibility index (Phi) is 4.71.